The molecule has 0 atom stereocenters. The first-order valence-electron chi connectivity index (χ1n) is 4.77. The number of thiol groups is 1. The van der Waals surface area contributed by atoms with Gasteiger partial charge >= 0.3 is 0 Å². The van der Waals surface area contributed by atoms with Crippen LogP contribution in [0.5, 0.6) is 5.75 Å². The molecule has 0 spiro atoms. The van der Waals surface area contributed by atoms with E-state index in [1.165, 1.54) is 0 Å². The van der Waals surface area contributed by atoms with E-state index >= 15 is 0 Å². The van der Waals surface area contributed by atoms with Gasteiger partial charge in [-0.2, -0.15) is 0 Å². The van der Waals surface area contributed by atoms with Crippen LogP contribution in [0.2, 0.25) is 5.15 Å². The molecular weight excluding hydrogens is 242 g/mol. The molecule has 82 valence electrons. The highest BCUT2D eigenvalue weighted by Crippen LogP contribution is 2.28. The molecule has 1 aromatic carbocycles. The van der Waals surface area contributed by atoms with Crippen molar-refractivity contribution in [1.29, 1.82) is 0 Å². The molecule has 0 aliphatic heterocycles. The molecule has 0 fully saturated rings. The first-order chi connectivity index (χ1) is 7.77. The lowest BCUT2D eigenvalue weighted by molar-refractivity contribution is 0.298. The van der Waals surface area contributed by atoms with Crippen molar-refractivity contribution in [1.82, 2.24) is 4.98 Å². The molecule has 0 amide bonds. The lowest BCUT2D eigenvalue weighted by atomic mass is 10.2. The van der Waals surface area contributed by atoms with Crippen LogP contribution in [-0.4, -0.2) is 4.98 Å². The molecule has 1 aromatic heterocycles. The zero-order valence-corrected chi connectivity index (χ0v) is 10.1. The third kappa shape index (κ3) is 2.68. The standard InChI is InChI=1S/C12H10ClNOS/c13-12-11(16)10(6-7-14-12)15-8-9-4-2-1-3-5-9/h1-7,16H,8H2. The number of pyridine rings is 1. The van der Waals surface area contributed by atoms with E-state index in [9.17, 15) is 0 Å². The molecule has 0 aliphatic rings. The molecule has 0 radical (unpaired) electrons. The van der Waals surface area contributed by atoms with Crippen molar-refractivity contribution >= 4 is 24.2 Å². The van der Waals surface area contributed by atoms with Crippen molar-refractivity contribution in [2.75, 3.05) is 0 Å². The Morgan fingerprint density at radius 2 is 1.94 bits per heavy atom. The second kappa shape index (κ2) is 5.23. The van der Waals surface area contributed by atoms with Gasteiger partial charge in [-0.1, -0.05) is 41.9 Å². The summed E-state index contributed by atoms with van der Waals surface area (Å²) in [5.41, 5.74) is 1.10. The van der Waals surface area contributed by atoms with Gasteiger partial charge in [-0.15, -0.1) is 12.6 Å². The summed E-state index contributed by atoms with van der Waals surface area (Å²) in [6.45, 7) is 0.495. The highest BCUT2D eigenvalue weighted by atomic mass is 35.5. The SMILES string of the molecule is Sc1c(OCc2ccccc2)ccnc1Cl. The van der Waals surface area contributed by atoms with E-state index < -0.39 is 0 Å². The van der Waals surface area contributed by atoms with Gasteiger partial charge in [-0.3, -0.25) is 0 Å². The summed E-state index contributed by atoms with van der Waals surface area (Å²) in [6.07, 6.45) is 1.60. The quantitative estimate of drug-likeness (QED) is 0.665. The van der Waals surface area contributed by atoms with Crippen molar-refractivity contribution in [3.8, 4) is 5.75 Å². The van der Waals surface area contributed by atoms with E-state index in [-0.39, 0.29) is 0 Å². The highest BCUT2D eigenvalue weighted by Gasteiger charge is 2.05. The van der Waals surface area contributed by atoms with Gasteiger partial charge in [0.1, 0.15) is 17.5 Å². The minimum atomic E-state index is 0.355. The first kappa shape index (κ1) is 11.3. The predicted molar refractivity (Wildman–Crippen MR) is 67.3 cm³/mol. The Balaban J connectivity index is 2.08. The van der Waals surface area contributed by atoms with Crippen molar-refractivity contribution in [2.24, 2.45) is 0 Å². The van der Waals surface area contributed by atoms with Gasteiger partial charge in [-0.25, -0.2) is 4.98 Å². The van der Waals surface area contributed by atoms with Crippen LogP contribution in [0.3, 0.4) is 0 Å². The summed E-state index contributed by atoms with van der Waals surface area (Å²) in [4.78, 5) is 4.47. The topological polar surface area (TPSA) is 22.1 Å². The summed E-state index contributed by atoms with van der Waals surface area (Å²) < 4.78 is 5.60. The summed E-state index contributed by atoms with van der Waals surface area (Å²) in [6, 6.07) is 11.7. The van der Waals surface area contributed by atoms with Crippen molar-refractivity contribution in [3.05, 3.63) is 53.3 Å². The minimum absolute atomic E-state index is 0.355. The molecule has 2 aromatic rings. The van der Waals surface area contributed by atoms with Crippen LogP contribution in [0.15, 0.2) is 47.5 Å². The number of benzene rings is 1. The van der Waals surface area contributed by atoms with Crippen LogP contribution < -0.4 is 4.74 Å². The average molecular weight is 252 g/mol. The van der Waals surface area contributed by atoms with Gasteiger partial charge in [-0.05, 0) is 11.6 Å². The summed E-state index contributed by atoms with van der Waals surface area (Å²) in [7, 11) is 0. The van der Waals surface area contributed by atoms with Crippen molar-refractivity contribution < 1.29 is 4.74 Å². The van der Waals surface area contributed by atoms with Gasteiger partial charge < -0.3 is 4.74 Å². The predicted octanol–water partition coefficient (Wildman–Crippen LogP) is 3.60. The molecule has 0 N–H and O–H groups in total. The van der Waals surface area contributed by atoms with Gasteiger partial charge in [0.15, 0.2) is 0 Å². The number of hydrogen-bond acceptors (Lipinski definition) is 3. The molecule has 0 unspecified atom stereocenters. The largest absolute Gasteiger partial charge is 0.488 e. The normalized spacial score (nSPS) is 10.1. The Morgan fingerprint density at radius 1 is 1.19 bits per heavy atom. The fourth-order valence-electron chi connectivity index (χ4n) is 1.26. The molecule has 0 aliphatic carbocycles. The van der Waals surface area contributed by atoms with Gasteiger partial charge in [0.2, 0.25) is 0 Å². The molecule has 2 nitrogen and oxygen atoms in total. The van der Waals surface area contributed by atoms with Gasteiger partial charge in [0.05, 0.1) is 4.90 Å². The minimum Gasteiger partial charge on any atom is -0.488 e. The van der Waals surface area contributed by atoms with Crippen LogP contribution in [0.4, 0.5) is 0 Å². The lowest BCUT2D eigenvalue weighted by Crippen LogP contribution is -1.96. The molecule has 1 heterocycles. The van der Waals surface area contributed by atoms with E-state index in [4.69, 9.17) is 16.3 Å². The van der Waals surface area contributed by atoms with Gasteiger partial charge in [0, 0.05) is 6.20 Å². The molecule has 4 heteroatoms. The Bertz CT molecular complexity index is 476. The Morgan fingerprint density at radius 3 is 2.69 bits per heavy atom. The van der Waals surface area contributed by atoms with E-state index in [0.717, 1.165) is 5.56 Å². The van der Waals surface area contributed by atoms with Crippen molar-refractivity contribution in [3.63, 3.8) is 0 Å². The second-order valence-corrected chi connectivity index (χ2v) is 4.03. The van der Waals surface area contributed by atoms with E-state index in [1.807, 2.05) is 30.3 Å². The molecule has 0 saturated carbocycles. The molecule has 2 rings (SSSR count). The summed E-state index contributed by atoms with van der Waals surface area (Å²) in [5.74, 6) is 0.646. The summed E-state index contributed by atoms with van der Waals surface area (Å²) in [5, 5.41) is 0.355. The lowest BCUT2D eigenvalue weighted by Gasteiger charge is -2.08. The third-order valence-electron chi connectivity index (χ3n) is 2.08. The monoisotopic (exact) mass is 251 g/mol. The highest BCUT2D eigenvalue weighted by molar-refractivity contribution is 7.80. The molecular formula is C12H10ClNOS. The van der Waals surface area contributed by atoms with E-state index in [0.29, 0.717) is 22.4 Å². The van der Waals surface area contributed by atoms with E-state index in [1.54, 1.807) is 12.3 Å². The number of halogens is 1. The molecule has 16 heavy (non-hydrogen) atoms. The third-order valence-corrected chi connectivity index (χ3v) is 2.93. The Kier molecular flexibility index (Phi) is 3.70. The number of rotatable bonds is 3. The molecule has 0 bridgehead atoms. The number of nitrogens with zero attached hydrogens (tertiary/aromatic N) is 1. The zero-order chi connectivity index (χ0) is 11.4. The fraction of sp³-hybridized carbons (Fsp3) is 0.0833. The van der Waals surface area contributed by atoms with Crippen LogP contribution in [0.1, 0.15) is 5.56 Å². The fourth-order valence-corrected chi connectivity index (χ4v) is 1.61. The first-order valence-corrected chi connectivity index (χ1v) is 5.60. The summed E-state index contributed by atoms with van der Waals surface area (Å²) >= 11 is 10.1. The van der Waals surface area contributed by atoms with Crippen LogP contribution >= 0.6 is 24.2 Å². The van der Waals surface area contributed by atoms with Gasteiger partial charge in [0.25, 0.3) is 0 Å². The van der Waals surface area contributed by atoms with Crippen LogP contribution in [-0.2, 0) is 6.61 Å². The van der Waals surface area contributed by atoms with Crippen LogP contribution in [0, 0.1) is 0 Å². The second-order valence-electron chi connectivity index (χ2n) is 3.22. The average Bonchev–Trinajstić information content (AvgIpc) is 2.32. The van der Waals surface area contributed by atoms with Crippen LogP contribution in [0.25, 0.3) is 0 Å². The zero-order valence-electron chi connectivity index (χ0n) is 8.43. The van der Waals surface area contributed by atoms with E-state index in [2.05, 4.69) is 17.6 Å². The smallest absolute Gasteiger partial charge is 0.146 e. The number of hydrogen-bond donors (Lipinski definition) is 1. The van der Waals surface area contributed by atoms with Crippen molar-refractivity contribution in [2.45, 2.75) is 11.5 Å². The maximum absolute atomic E-state index is 5.83. The Labute approximate surface area is 105 Å². The maximum Gasteiger partial charge on any atom is 0.146 e. The molecule has 0 saturated heterocycles. The number of aromatic nitrogens is 1. The number of ether oxygens (including phenoxy) is 1. The Hall–Kier alpha value is -1.19. The maximum atomic E-state index is 5.83.